The molecule has 1 atom stereocenters. The molecular formula is C38H37ClFN7O4. The van der Waals surface area contributed by atoms with Crippen LogP contribution in [0.1, 0.15) is 52.6 Å². The molecule has 2 aliphatic heterocycles. The van der Waals surface area contributed by atoms with Gasteiger partial charge in [0.1, 0.15) is 18.2 Å². The fraction of sp³-hybridized carbons (Fsp3) is 0.316. The standard InChI is InChI=1S/C38H37ClFN7O4/c1-45-34-19-27(8-9-31(34)44-38(45)49)41-37(48)24-6-10-33-32(17-24)42-35(47(33)20-28-13-16-50-28)21-46-14-11-23(12-15-46)30-3-2-4-36(43-30)51-22-25-5-7-26(39)18-29(25)40/h2-10,17-19,23,28H,11-16,20-22H2,1H3,(H,41,48)(H,44,49)/t28-/m0/s1. The number of carbonyl (C=O) groups is 1. The SMILES string of the molecule is Cn1c(=O)[nH]c2ccc(NC(=O)c3ccc4c(c3)nc(CN3CCC(c5cccc(OCc6ccc(Cl)cc6F)n5)CC3)n4C[C@@H]3CCO3)cc21. The summed E-state index contributed by atoms with van der Waals surface area (Å²) in [6.45, 7) is 3.98. The van der Waals surface area contributed by atoms with Crippen molar-refractivity contribution in [2.24, 2.45) is 7.05 Å². The van der Waals surface area contributed by atoms with Crippen molar-refractivity contribution in [2.45, 2.75) is 51.0 Å². The van der Waals surface area contributed by atoms with Gasteiger partial charge >= 0.3 is 5.69 Å². The second-order valence-corrected chi connectivity index (χ2v) is 13.7. The average molecular weight is 710 g/mol. The molecule has 11 nitrogen and oxygen atoms in total. The molecule has 262 valence electrons. The smallest absolute Gasteiger partial charge is 0.326 e. The van der Waals surface area contributed by atoms with Gasteiger partial charge in [0, 0.05) is 53.2 Å². The zero-order chi connectivity index (χ0) is 35.1. The van der Waals surface area contributed by atoms with Gasteiger partial charge in [-0.3, -0.25) is 14.3 Å². The number of H-pyrrole nitrogens is 1. The summed E-state index contributed by atoms with van der Waals surface area (Å²) in [4.78, 5) is 40.4. The Balaban J connectivity index is 0.942. The molecule has 8 rings (SSSR count). The Hall–Kier alpha value is -5.04. The monoisotopic (exact) mass is 709 g/mol. The summed E-state index contributed by atoms with van der Waals surface area (Å²) in [5.74, 6) is 1.04. The lowest BCUT2D eigenvalue weighted by Gasteiger charge is -2.32. The summed E-state index contributed by atoms with van der Waals surface area (Å²) < 4.78 is 29.6. The normalized spacial score (nSPS) is 16.8. The van der Waals surface area contributed by atoms with Crippen molar-refractivity contribution in [2.75, 3.05) is 25.0 Å². The van der Waals surface area contributed by atoms with E-state index in [1.807, 2.05) is 30.3 Å². The number of amides is 1. The minimum Gasteiger partial charge on any atom is -0.473 e. The van der Waals surface area contributed by atoms with E-state index in [4.69, 9.17) is 31.0 Å². The highest BCUT2D eigenvalue weighted by molar-refractivity contribution is 6.30. The average Bonchev–Trinajstić information content (AvgIpc) is 3.60. The summed E-state index contributed by atoms with van der Waals surface area (Å²) in [7, 11) is 1.69. The lowest BCUT2D eigenvalue weighted by Crippen LogP contribution is -2.35. The molecule has 2 N–H and O–H groups in total. The third-order valence-electron chi connectivity index (χ3n) is 9.94. The van der Waals surface area contributed by atoms with Crippen LogP contribution in [0.4, 0.5) is 10.1 Å². The topological polar surface area (TPSA) is 119 Å². The van der Waals surface area contributed by atoms with Crippen LogP contribution in [0.15, 0.2) is 77.6 Å². The summed E-state index contributed by atoms with van der Waals surface area (Å²) in [6.07, 6.45) is 3.01. The lowest BCUT2D eigenvalue weighted by atomic mass is 9.93. The van der Waals surface area contributed by atoms with Crippen LogP contribution < -0.4 is 15.7 Å². The summed E-state index contributed by atoms with van der Waals surface area (Å²) in [5.41, 5.74) is 5.43. The number of hydrogen-bond acceptors (Lipinski definition) is 7. The molecule has 0 saturated carbocycles. The largest absolute Gasteiger partial charge is 0.473 e. The number of carbonyl (C=O) groups excluding carboxylic acids is 1. The van der Waals surface area contributed by atoms with Crippen molar-refractivity contribution in [1.82, 2.24) is 29.0 Å². The molecule has 3 aromatic carbocycles. The number of aromatic amines is 1. The van der Waals surface area contributed by atoms with Crippen molar-refractivity contribution < 1.29 is 18.7 Å². The Morgan fingerprint density at radius 3 is 2.67 bits per heavy atom. The van der Waals surface area contributed by atoms with Crippen molar-refractivity contribution in [3.63, 3.8) is 0 Å². The first kappa shape index (κ1) is 33.1. The number of fused-ring (bicyclic) bond motifs is 2. The molecule has 5 heterocycles. The van der Waals surface area contributed by atoms with Gasteiger partial charge in [0.25, 0.3) is 5.91 Å². The zero-order valence-corrected chi connectivity index (χ0v) is 28.8. The lowest BCUT2D eigenvalue weighted by molar-refractivity contribution is -0.0592. The fourth-order valence-corrected chi connectivity index (χ4v) is 7.06. The van der Waals surface area contributed by atoms with Crippen molar-refractivity contribution >= 4 is 45.3 Å². The number of pyridine rings is 1. The molecule has 2 fully saturated rings. The first-order valence-corrected chi connectivity index (χ1v) is 17.5. The Bertz CT molecular complexity index is 2310. The molecule has 0 radical (unpaired) electrons. The van der Waals surface area contributed by atoms with Gasteiger partial charge in [-0.1, -0.05) is 23.7 Å². The predicted octanol–water partition coefficient (Wildman–Crippen LogP) is 6.40. The van der Waals surface area contributed by atoms with Gasteiger partial charge < -0.3 is 24.3 Å². The Labute approximate surface area is 298 Å². The van der Waals surface area contributed by atoms with Crippen LogP contribution in [-0.2, 0) is 31.5 Å². The van der Waals surface area contributed by atoms with Crippen LogP contribution in [0, 0.1) is 5.82 Å². The summed E-state index contributed by atoms with van der Waals surface area (Å²) in [6, 6.07) is 21.3. The van der Waals surface area contributed by atoms with E-state index in [0.717, 1.165) is 61.5 Å². The van der Waals surface area contributed by atoms with Crippen LogP contribution in [0.25, 0.3) is 22.1 Å². The van der Waals surface area contributed by atoms with E-state index < -0.39 is 5.82 Å². The molecule has 0 aliphatic carbocycles. The minimum absolute atomic E-state index is 0.0739. The van der Waals surface area contributed by atoms with Crippen molar-refractivity contribution in [3.05, 3.63) is 117 Å². The molecule has 2 saturated heterocycles. The van der Waals surface area contributed by atoms with E-state index in [-0.39, 0.29) is 30.2 Å². The first-order valence-electron chi connectivity index (χ1n) is 17.1. The third-order valence-corrected chi connectivity index (χ3v) is 10.2. The zero-order valence-electron chi connectivity index (χ0n) is 28.1. The highest BCUT2D eigenvalue weighted by atomic mass is 35.5. The van der Waals surface area contributed by atoms with E-state index >= 15 is 0 Å². The highest BCUT2D eigenvalue weighted by Crippen LogP contribution is 2.30. The van der Waals surface area contributed by atoms with Crippen LogP contribution in [0.5, 0.6) is 5.88 Å². The Kier molecular flexibility index (Phi) is 9.05. The predicted molar refractivity (Wildman–Crippen MR) is 193 cm³/mol. The van der Waals surface area contributed by atoms with Gasteiger partial charge in [0.05, 0.1) is 41.3 Å². The van der Waals surface area contributed by atoms with Crippen LogP contribution in [0.2, 0.25) is 5.02 Å². The number of ether oxygens (including phenoxy) is 2. The number of likely N-dealkylation sites (tertiary alicyclic amines) is 1. The number of imidazole rings is 2. The summed E-state index contributed by atoms with van der Waals surface area (Å²) >= 11 is 5.88. The number of nitrogens with one attached hydrogen (secondary N) is 2. The van der Waals surface area contributed by atoms with E-state index in [9.17, 15) is 14.0 Å². The quantitative estimate of drug-likeness (QED) is 0.169. The number of halogens is 2. The highest BCUT2D eigenvalue weighted by Gasteiger charge is 2.26. The second kappa shape index (κ2) is 13.9. The van der Waals surface area contributed by atoms with Crippen LogP contribution in [0.3, 0.4) is 0 Å². The van der Waals surface area contributed by atoms with Gasteiger partial charge in [-0.2, -0.15) is 0 Å². The second-order valence-electron chi connectivity index (χ2n) is 13.3. The Morgan fingerprint density at radius 2 is 1.88 bits per heavy atom. The van der Waals surface area contributed by atoms with Gasteiger partial charge in [-0.05, 0) is 86.9 Å². The number of aromatic nitrogens is 5. The molecule has 3 aromatic heterocycles. The molecule has 0 unspecified atom stereocenters. The number of anilines is 1. The third kappa shape index (κ3) is 6.99. The molecular weight excluding hydrogens is 673 g/mol. The van der Waals surface area contributed by atoms with Gasteiger partial charge in [0.15, 0.2) is 0 Å². The van der Waals surface area contributed by atoms with Crippen LogP contribution in [-0.4, -0.2) is 60.7 Å². The molecule has 0 spiro atoms. The van der Waals surface area contributed by atoms with E-state index in [1.54, 1.807) is 43.4 Å². The molecule has 13 heteroatoms. The van der Waals surface area contributed by atoms with Crippen molar-refractivity contribution in [3.8, 4) is 5.88 Å². The number of hydrogen-bond donors (Lipinski definition) is 2. The van der Waals surface area contributed by atoms with E-state index in [2.05, 4.69) is 19.8 Å². The number of piperidine rings is 1. The number of benzene rings is 3. The number of rotatable bonds is 10. The van der Waals surface area contributed by atoms with Gasteiger partial charge in [0.2, 0.25) is 5.88 Å². The molecule has 6 aromatic rings. The van der Waals surface area contributed by atoms with E-state index in [1.165, 1.54) is 10.6 Å². The van der Waals surface area contributed by atoms with Gasteiger partial charge in [-0.15, -0.1) is 0 Å². The Morgan fingerprint density at radius 1 is 1.04 bits per heavy atom. The number of nitrogens with zero attached hydrogens (tertiary/aromatic N) is 5. The summed E-state index contributed by atoms with van der Waals surface area (Å²) in [5, 5.41) is 3.31. The minimum atomic E-state index is -0.400. The van der Waals surface area contributed by atoms with Crippen molar-refractivity contribution in [1.29, 1.82) is 0 Å². The molecule has 2 aliphatic rings. The fourth-order valence-electron chi connectivity index (χ4n) is 6.90. The maximum atomic E-state index is 14.2. The molecule has 0 bridgehead atoms. The maximum Gasteiger partial charge on any atom is 0.326 e. The maximum absolute atomic E-state index is 14.2. The molecule has 1 amide bonds. The molecule has 51 heavy (non-hydrogen) atoms. The van der Waals surface area contributed by atoms with Crippen LogP contribution >= 0.6 is 11.6 Å². The van der Waals surface area contributed by atoms with E-state index in [0.29, 0.717) is 51.8 Å². The first-order chi connectivity index (χ1) is 24.8. The number of aryl methyl sites for hydroxylation is 1. The van der Waals surface area contributed by atoms with Gasteiger partial charge in [-0.25, -0.2) is 19.2 Å².